The number of rotatable bonds is 4. The van der Waals surface area contributed by atoms with Crippen LogP contribution < -0.4 is 0 Å². The first kappa shape index (κ1) is 13.1. The zero-order valence-corrected chi connectivity index (χ0v) is 8.79. The second-order valence-corrected chi connectivity index (χ2v) is 3.07. The Labute approximate surface area is 97.1 Å². The lowest BCUT2D eigenvalue weighted by Gasteiger charge is -2.05. The van der Waals surface area contributed by atoms with Gasteiger partial charge in [-0.1, -0.05) is 17.3 Å². The molecule has 0 atom stereocenters. The van der Waals surface area contributed by atoms with Crippen LogP contribution in [-0.2, 0) is 11.0 Å². The summed E-state index contributed by atoms with van der Waals surface area (Å²) in [7, 11) is 0. The van der Waals surface area contributed by atoms with Crippen LogP contribution in [0.2, 0.25) is 0 Å². The van der Waals surface area contributed by atoms with Crippen molar-refractivity contribution in [2.75, 3.05) is 6.61 Å². The highest BCUT2D eigenvalue weighted by atomic mass is 19.4. The molecule has 1 rings (SSSR count). The van der Waals surface area contributed by atoms with E-state index in [9.17, 15) is 13.2 Å². The predicted octanol–water partition coefficient (Wildman–Crippen LogP) is 2.96. The van der Waals surface area contributed by atoms with Gasteiger partial charge in [0.05, 0.1) is 5.56 Å². The molecule has 17 heavy (non-hydrogen) atoms. The van der Waals surface area contributed by atoms with Crippen LogP contribution in [0.25, 0.3) is 0 Å². The summed E-state index contributed by atoms with van der Waals surface area (Å²) in [5, 5.41) is 3.44. The summed E-state index contributed by atoms with van der Waals surface area (Å²) < 4.78 is 36.7. The molecule has 0 saturated carbocycles. The Morgan fingerprint density at radius 2 is 1.88 bits per heavy atom. The third-order valence-corrected chi connectivity index (χ3v) is 1.79. The van der Waals surface area contributed by atoms with Crippen LogP contribution in [-0.4, -0.2) is 12.8 Å². The van der Waals surface area contributed by atoms with E-state index in [-0.39, 0.29) is 6.61 Å². The van der Waals surface area contributed by atoms with Crippen molar-refractivity contribution < 1.29 is 18.0 Å². The fourth-order valence-electron chi connectivity index (χ4n) is 0.969. The molecule has 0 fully saturated rings. The number of hydrogen-bond donors (Lipinski definition) is 0. The molecule has 2 nitrogen and oxygen atoms in total. The van der Waals surface area contributed by atoms with Crippen molar-refractivity contribution in [1.29, 1.82) is 0 Å². The summed E-state index contributed by atoms with van der Waals surface area (Å²) in [6.07, 6.45) is 3.51. The van der Waals surface area contributed by atoms with Crippen molar-refractivity contribution in [2.45, 2.75) is 12.6 Å². The van der Waals surface area contributed by atoms with Crippen LogP contribution >= 0.6 is 0 Å². The number of halogens is 3. The molecule has 0 heterocycles. The van der Waals surface area contributed by atoms with Crippen LogP contribution in [0.5, 0.6) is 0 Å². The maximum absolute atomic E-state index is 12.2. The summed E-state index contributed by atoms with van der Waals surface area (Å²) in [4.78, 5) is 4.72. The van der Waals surface area contributed by atoms with Crippen LogP contribution in [0.4, 0.5) is 13.2 Å². The lowest BCUT2D eigenvalue weighted by atomic mass is 10.1. The first-order chi connectivity index (χ1) is 8.04. The van der Waals surface area contributed by atoms with Crippen molar-refractivity contribution in [3.63, 3.8) is 0 Å². The standard InChI is InChI=1S/C12H9F3NO/c1-2-3-8-17-16-9-10-4-6-11(7-5-10)12(13,14)15/h1,4-7H,3,8H2. The molecule has 5 heteroatoms. The highest BCUT2D eigenvalue weighted by Crippen LogP contribution is 2.28. The number of terminal acetylenes is 1. The Hall–Kier alpha value is -1.96. The zero-order valence-electron chi connectivity index (χ0n) is 8.79. The molecule has 0 aliphatic rings. The smallest absolute Gasteiger partial charge is 0.394 e. The Morgan fingerprint density at radius 3 is 2.41 bits per heavy atom. The third-order valence-electron chi connectivity index (χ3n) is 1.79. The van der Waals surface area contributed by atoms with E-state index in [0.29, 0.717) is 12.0 Å². The van der Waals surface area contributed by atoms with E-state index in [0.717, 1.165) is 12.1 Å². The van der Waals surface area contributed by atoms with Crippen LogP contribution in [0.1, 0.15) is 17.5 Å². The molecule has 0 amide bonds. The van der Waals surface area contributed by atoms with Gasteiger partial charge < -0.3 is 4.84 Å². The van der Waals surface area contributed by atoms with Gasteiger partial charge in [0.15, 0.2) is 0 Å². The van der Waals surface area contributed by atoms with Crippen LogP contribution in [0, 0.1) is 12.3 Å². The van der Waals surface area contributed by atoms with Crippen molar-refractivity contribution in [2.24, 2.45) is 5.16 Å². The number of hydrogen-bond acceptors (Lipinski definition) is 2. The van der Waals surface area contributed by atoms with Gasteiger partial charge in [-0.15, -0.1) is 12.3 Å². The van der Waals surface area contributed by atoms with E-state index in [1.165, 1.54) is 12.1 Å². The minimum atomic E-state index is -4.33. The molecular formula is C12H9F3NO. The van der Waals surface area contributed by atoms with E-state index in [1.54, 1.807) is 0 Å². The second-order valence-electron chi connectivity index (χ2n) is 3.07. The normalized spacial score (nSPS) is 11.4. The molecule has 0 aromatic heterocycles. The quantitative estimate of drug-likeness (QED) is 0.343. The van der Waals surface area contributed by atoms with Gasteiger partial charge in [-0.3, -0.25) is 0 Å². The minimum absolute atomic E-state index is 0.254. The zero-order chi connectivity index (χ0) is 12.7. The molecule has 1 radical (unpaired) electrons. The Balaban J connectivity index is 2.54. The monoisotopic (exact) mass is 240 g/mol. The summed E-state index contributed by atoms with van der Waals surface area (Å²) in [5.74, 6) is 2.35. The van der Waals surface area contributed by atoms with Crippen LogP contribution in [0.3, 0.4) is 0 Å². The highest BCUT2D eigenvalue weighted by Gasteiger charge is 2.29. The Kier molecular flexibility index (Phi) is 4.58. The summed E-state index contributed by atoms with van der Waals surface area (Å²) in [5.41, 5.74) is -0.310. The van der Waals surface area contributed by atoms with Gasteiger partial charge in [0.2, 0.25) is 0 Å². The maximum Gasteiger partial charge on any atom is 0.416 e. The first-order valence-electron chi connectivity index (χ1n) is 4.73. The third kappa shape index (κ3) is 4.60. The van der Waals surface area contributed by atoms with Gasteiger partial charge in [0.1, 0.15) is 12.8 Å². The molecule has 1 aromatic carbocycles. The van der Waals surface area contributed by atoms with E-state index in [4.69, 9.17) is 11.3 Å². The fraction of sp³-hybridized carbons (Fsp3) is 0.250. The average molecular weight is 240 g/mol. The maximum atomic E-state index is 12.2. The molecule has 0 N–H and O–H groups in total. The first-order valence-corrected chi connectivity index (χ1v) is 4.73. The van der Waals surface area contributed by atoms with E-state index in [1.807, 2.05) is 0 Å². The largest absolute Gasteiger partial charge is 0.416 e. The van der Waals surface area contributed by atoms with Crippen LogP contribution in [0.15, 0.2) is 29.4 Å². The SMILES string of the molecule is C#CCCON=[C]c1ccc(C(F)(F)F)cc1. The summed E-state index contributed by atoms with van der Waals surface area (Å²) in [6, 6.07) is 4.44. The average Bonchev–Trinajstić information content (AvgIpc) is 2.28. The van der Waals surface area contributed by atoms with Crippen molar-refractivity contribution in [3.8, 4) is 12.3 Å². The molecule has 0 saturated heterocycles. The topological polar surface area (TPSA) is 21.6 Å². The lowest BCUT2D eigenvalue weighted by Crippen LogP contribution is -2.04. The number of alkyl halides is 3. The van der Waals surface area contributed by atoms with Gasteiger partial charge in [-0.2, -0.15) is 13.2 Å². The molecule has 0 aliphatic heterocycles. The molecule has 0 unspecified atom stereocenters. The van der Waals surface area contributed by atoms with Gasteiger partial charge in [-0.25, -0.2) is 0 Å². The molecule has 0 bridgehead atoms. The van der Waals surface area contributed by atoms with E-state index < -0.39 is 11.7 Å². The van der Waals surface area contributed by atoms with Gasteiger partial charge in [-0.05, 0) is 12.1 Å². The highest BCUT2D eigenvalue weighted by molar-refractivity contribution is 5.79. The van der Waals surface area contributed by atoms with Crippen molar-refractivity contribution in [1.82, 2.24) is 0 Å². The van der Waals surface area contributed by atoms with E-state index in [2.05, 4.69) is 17.3 Å². The molecule has 1 aromatic rings. The molecule has 89 valence electrons. The summed E-state index contributed by atoms with van der Waals surface area (Å²) >= 11 is 0. The predicted molar refractivity (Wildman–Crippen MR) is 57.4 cm³/mol. The van der Waals surface area contributed by atoms with Gasteiger partial charge in [0.25, 0.3) is 0 Å². The van der Waals surface area contributed by atoms with Gasteiger partial charge >= 0.3 is 6.18 Å². The summed E-state index contributed by atoms with van der Waals surface area (Å²) in [6.45, 7) is 0.254. The molecular weight excluding hydrogens is 231 g/mol. The van der Waals surface area contributed by atoms with Crippen molar-refractivity contribution >= 4 is 6.21 Å². The minimum Gasteiger partial charge on any atom is -0.394 e. The number of nitrogens with zero attached hydrogens (tertiary/aromatic N) is 1. The number of benzene rings is 1. The van der Waals surface area contributed by atoms with Crippen molar-refractivity contribution in [3.05, 3.63) is 35.4 Å². The lowest BCUT2D eigenvalue weighted by molar-refractivity contribution is -0.137. The Bertz CT molecular complexity index is 415. The van der Waals surface area contributed by atoms with Gasteiger partial charge in [0, 0.05) is 12.0 Å². The fourth-order valence-corrected chi connectivity index (χ4v) is 0.969. The molecule has 0 spiro atoms. The van der Waals surface area contributed by atoms with E-state index >= 15 is 0 Å². The second kappa shape index (κ2) is 5.94. The molecule has 0 aliphatic carbocycles. The Morgan fingerprint density at radius 1 is 1.24 bits per heavy atom.